The van der Waals surface area contributed by atoms with Crippen LogP contribution in [0.5, 0.6) is 0 Å². The van der Waals surface area contributed by atoms with Gasteiger partial charge in [-0.3, -0.25) is 4.79 Å². The van der Waals surface area contributed by atoms with Crippen molar-refractivity contribution >= 4 is 23.4 Å². The molecule has 1 aromatic carbocycles. The van der Waals surface area contributed by atoms with Crippen molar-refractivity contribution < 1.29 is 14.3 Å². The second-order valence-corrected chi connectivity index (χ2v) is 11.1. The van der Waals surface area contributed by atoms with Gasteiger partial charge in [-0.15, -0.1) is 0 Å². The number of aryl methyl sites for hydroxylation is 1. The number of hydrogen-bond donors (Lipinski definition) is 4. The topological polar surface area (TPSA) is 113 Å². The maximum absolute atomic E-state index is 15.1. The molecule has 1 amide bonds. The Hall–Kier alpha value is -3.00. The van der Waals surface area contributed by atoms with Gasteiger partial charge in [-0.25, -0.2) is 14.4 Å². The molecule has 0 saturated heterocycles. The quantitative estimate of drug-likeness (QED) is 0.185. The third-order valence-corrected chi connectivity index (χ3v) is 7.48. The molecule has 5 N–H and O–H groups in total. The average molecular weight is 542 g/mol. The number of halogens is 1. The number of aromatic nitrogens is 2. The minimum absolute atomic E-state index is 0.168. The van der Waals surface area contributed by atoms with Gasteiger partial charge in [0.1, 0.15) is 11.5 Å². The van der Waals surface area contributed by atoms with Crippen LogP contribution in [-0.2, 0) is 6.42 Å². The van der Waals surface area contributed by atoms with E-state index in [9.17, 15) is 9.90 Å². The van der Waals surface area contributed by atoms with Crippen molar-refractivity contribution in [3.8, 4) is 0 Å². The highest BCUT2D eigenvalue weighted by molar-refractivity contribution is 5.92. The lowest BCUT2D eigenvalue weighted by atomic mass is 9.72. The standard InChI is InChI=1S/C31H48FN5O2/c1-7-10-11-12-13-17-34-29(38)27-19-22(9-3)36-28(37-27)20-26(33)24-15-14-23(18-25(24)32)35-21-31(6,16-8-2)30(4,5)39/h14-15,18-20,35,39H,7-13,16-17,21,33H2,1-6H3,(H,34,38). The fourth-order valence-electron chi connectivity index (χ4n) is 4.44. The Morgan fingerprint density at radius 3 is 2.38 bits per heavy atom. The summed E-state index contributed by atoms with van der Waals surface area (Å²) in [5, 5.41) is 16.9. The lowest BCUT2D eigenvalue weighted by Gasteiger charge is -2.41. The minimum atomic E-state index is -0.890. The lowest BCUT2D eigenvalue weighted by molar-refractivity contribution is -0.0428. The molecular formula is C31H48FN5O2. The molecule has 0 aliphatic rings. The third-order valence-electron chi connectivity index (χ3n) is 7.48. The first-order valence-corrected chi connectivity index (χ1v) is 14.3. The van der Waals surface area contributed by atoms with Crippen molar-refractivity contribution in [3.63, 3.8) is 0 Å². The van der Waals surface area contributed by atoms with E-state index in [4.69, 9.17) is 5.73 Å². The number of hydrogen-bond acceptors (Lipinski definition) is 6. The van der Waals surface area contributed by atoms with Crippen molar-refractivity contribution in [1.29, 1.82) is 0 Å². The number of nitrogens with zero attached hydrogens (tertiary/aromatic N) is 2. The molecule has 0 radical (unpaired) electrons. The average Bonchev–Trinajstić information content (AvgIpc) is 2.88. The van der Waals surface area contributed by atoms with Gasteiger partial charge in [0.2, 0.25) is 0 Å². The van der Waals surface area contributed by atoms with E-state index in [2.05, 4.69) is 34.4 Å². The molecule has 2 rings (SSSR count). The van der Waals surface area contributed by atoms with E-state index in [1.807, 2.05) is 13.8 Å². The molecular weight excluding hydrogens is 493 g/mol. The van der Waals surface area contributed by atoms with Crippen molar-refractivity contribution in [2.24, 2.45) is 11.1 Å². The minimum Gasteiger partial charge on any atom is -0.398 e. The van der Waals surface area contributed by atoms with Crippen LogP contribution < -0.4 is 16.4 Å². The van der Waals surface area contributed by atoms with E-state index < -0.39 is 11.4 Å². The molecule has 1 atom stereocenters. The van der Waals surface area contributed by atoms with Crippen molar-refractivity contribution in [3.05, 3.63) is 52.9 Å². The monoisotopic (exact) mass is 541 g/mol. The van der Waals surface area contributed by atoms with Crippen LogP contribution in [0.3, 0.4) is 0 Å². The molecule has 0 aliphatic carbocycles. The number of nitrogens with one attached hydrogen (secondary N) is 2. The fraction of sp³-hybridized carbons (Fsp3) is 0.581. The summed E-state index contributed by atoms with van der Waals surface area (Å²) < 4.78 is 15.1. The van der Waals surface area contributed by atoms with Gasteiger partial charge in [-0.05, 0) is 57.4 Å². The Morgan fingerprint density at radius 2 is 1.77 bits per heavy atom. The van der Waals surface area contributed by atoms with Crippen molar-refractivity contribution in [2.75, 3.05) is 18.4 Å². The maximum Gasteiger partial charge on any atom is 0.270 e. The molecule has 0 spiro atoms. The Morgan fingerprint density at radius 1 is 1.05 bits per heavy atom. The molecule has 0 aliphatic heterocycles. The van der Waals surface area contributed by atoms with E-state index >= 15 is 4.39 Å². The SMILES string of the molecule is CCCCCCCNC(=O)c1cc(CC)nc(C=C(N)c2ccc(NCC(C)(CCC)C(C)(C)O)cc2F)n1. The molecule has 39 heavy (non-hydrogen) atoms. The third kappa shape index (κ3) is 9.60. The molecule has 216 valence electrons. The molecule has 8 heteroatoms. The lowest BCUT2D eigenvalue weighted by Crippen LogP contribution is -2.46. The van der Waals surface area contributed by atoms with Crippen LogP contribution in [0.1, 0.15) is 114 Å². The number of rotatable bonds is 16. The first-order chi connectivity index (χ1) is 18.4. The predicted molar refractivity (Wildman–Crippen MR) is 159 cm³/mol. The number of nitrogens with two attached hydrogens (primary N) is 1. The van der Waals surface area contributed by atoms with Crippen LogP contribution in [0, 0.1) is 11.2 Å². The van der Waals surface area contributed by atoms with E-state index in [1.54, 1.807) is 32.0 Å². The number of carbonyl (C=O) groups excluding carboxylic acids is 1. The van der Waals surface area contributed by atoms with Crippen LogP contribution >= 0.6 is 0 Å². The number of benzene rings is 1. The smallest absolute Gasteiger partial charge is 0.270 e. The molecule has 0 saturated carbocycles. The number of amides is 1. The van der Waals surface area contributed by atoms with E-state index in [-0.39, 0.29) is 34.1 Å². The molecule has 0 bridgehead atoms. The fourth-order valence-corrected chi connectivity index (χ4v) is 4.44. The molecule has 1 heterocycles. The van der Waals surface area contributed by atoms with Crippen molar-refractivity contribution in [2.45, 2.75) is 98.5 Å². The van der Waals surface area contributed by atoms with Crippen LogP contribution in [-0.4, -0.2) is 39.7 Å². The number of carbonyl (C=O) groups is 1. The van der Waals surface area contributed by atoms with E-state index in [0.29, 0.717) is 30.9 Å². The zero-order valence-electron chi connectivity index (χ0n) is 24.7. The highest BCUT2D eigenvalue weighted by Gasteiger charge is 2.38. The van der Waals surface area contributed by atoms with Crippen LogP contribution in [0.15, 0.2) is 24.3 Å². The van der Waals surface area contributed by atoms with Gasteiger partial charge in [-0.2, -0.15) is 0 Å². The predicted octanol–water partition coefficient (Wildman–Crippen LogP) is 6.32. The van der Waals surface area contributed by atoms with E-state index in [0.717, 1.165) is 25.7 Å². The Balaban J connectivity index is 2.16. The van der Waals surface area contributed by atoms with Gasteiger partial charge < -0.3 is 21.5 Å². The van der Waals surface area contributed by atoms with Gasteiger partial charge >= 0.3 is 0 Å². The molecule has 1 unspecified atom stereocenters. The summed E-state index contributed by atoms with van der Waals surface area (Å²) in [5.74, 6) is -0.470. The summed E-state index contributed by atoms with van der Waals surface area (Å²) in [6.45, 7) is 12.9. The highest BCUT2D eigenvalue weighted by Crippen LogP contribution is 2.36. The van der Waals surface area contributed by atoms with Gasteiger partial charge in [-0.1, -0.05) is 59.8 Å². The van der Waals surface area contributed by atoms with Crippen molar-refractivity contribution in [1.82, 2.24) is 15.3 Å². The first-order valence-electron chi connectivity index (χ1n) is 14.3. The summed E-state index contributed by atoms with van der Waals surface area (Å²) in [6.07, 6.45) is 9.44. The van der Waals surface area contributed by atoms with Crippen LogP contribution in [0.2, 0.25) is 0 Å². The summed E-state index contributed by atoms with van der Waals surface area (Å²) in [4.78, 5) is 21.5. The highest BCUT2D eigenvalue weighted by atomic mass is 19.1. The van der Waals surface area contributed by atoms with Crippen LogP contribution in [0.25, 0.3) is 11.8 Å². The number of unbranched alkanes of at least 4 members (excludes halogenated alkanes) is 4. The van der Waals surface area contributed by atoms with E-state index in [1.165, 1.54) is 31.4 Å². The zero-order chi connectivity index (χ0) is 29.1. The van der Waals surface area contributed by atoms with Crippen LogP contribution in [0.4, 0.5) is 10.1 Å². The van der Waals surface area contributed by atoms with Gasteiger partial charge in [0.05, 0.1) is 5.60 Å². The summed E-state index contributed by atoms with van der Waals surface area (Å²) in [5.41, 5.74) is 6.97. The van der Waals surface area contributed by atoms with Gasteiger partial charge in [0.25, 0.3) is 5.91 Å². The maximum atomic E-state index is 15.1. The Kier molecular flexibility index (Phi) is 12.4. The number of aliphatic hydroxyl groups is 1. The number of anilines is 1. The Labute approximate surface area is 233 Å². The normalized spacial score (nSPS) is 13.7. The molecule has 7 nitrogen and oxygen atoms in total. The second kappa shape index (κ2) is 15.0. The largest absolute Gasteiger partial charge is 0.398 e. The molecule has 2 aromatic rings. The zero-order valence-corrected chi connectivity index (χ0v) is 24.7. The second-order valence-electron chi connectivity index (χ2n) is 11.1. The molecule has 1 aromatic heterocycles. The summed E-state index contributed by atoms with van der Waals surface area (Å²) >= 11 is 0. The Bertz CT molecular complexity index is 1110. The summed E-state index contributed by atoms with van der Waals surface area (Å²) in [6, 6.07) is 6.45. The summed E-state index contributed by atoms with van der Waals surface area (Å²) in [7, 11) is 0. The van der Waals surface area contributed by atoms with Gasteiger partial charge in [0, 0.05) is 47.2 Å². The first kappa shape index (κ1) is 32.2. The molecule has 0 fully saturated rings. The van der Waals surface area contributed by atoms with Gasteiger partial charge in [0.15, 0.2) is 5.82 Å².